The fourth-order valence-electron chi connectivity index (χ4n) is 1.73. The molecule has 1 aromatic rings. The van der Waals surface area contributed by atoms with Crippen molar-refractivity contribution in [1.82, 2.24) is 5.32 Å². The van der Waals surface area contributed by atoms with Crippen LogP contribution in [0.5, 0.6) is 0 Å². The zero-order valence-corrected chi connectivity index (χ0v) is 11.7. The van der Waals surface area contributed by atoms with Crippen LogP contribution in [0.15, 0.2) is 12.1 Å². The van der Waals surface area contributed by atoms with Gasteiger partial charge in [0.05, 0.1) is 25.9 Å². The van der Waals surface area contributed by atoms with Crippen LogP contribution >= 0.6 is 0 Å². The first-order chi connectivity index (χ1) is 9.61. The summed E-state index contributed by atoms with van der Waals surface area (Å²) in [5.41, 5.74) is 0.0646. The Hall–Kier alpha value is -1.11. The van der Waals surface area contributed by atoms with E-state index in [-0.39, 0.29) is 12.2 Å². The first kappa shape index (κ1) is 16.9. The first-order valence-electron chi connectivity index (χ1n) is 6.55. The zero-order chi connectivity index (χ0) is 15.0. The Morgan fingerprint density at radius 3 is 2.55 bits per heavy atom. The molecule has 20 heavy (non-hydrogen) atoms. The second-order valence-corrected chi connectivity index (χ2v) is 4.34. The van der Waals surface area contributed by atoms with Crippen molar-refractivity contribution in [2.24, 2.45) is 0 Å². The van der Waals surface area contributed by atoms with Gasteiger partial charge in [0.25, 0.3) is 0 Å². The minimum atomic E-state index is -1.46. The molecule has 0 saturated heterocycles. The van der Waals surface area contributed by atoms with Gasteiger partial charge in [-0.05, 0) is 19.0 Å². The zero-order valence-electron chi connectivity index (χ0n) is 11.7. The molecule has 0 aliphatic carbocycles. The minimum absolute atomic E-state index is 0.0646. The van der Waals surface area contributed by atoms with Gasteiger partial charge in [0.1, 0.15) is 0 Å². The van der Waals surface area contributed by atoms with E-state index in [1.807, 2.05) is 6.92 Å². The molecule has 0 spiro atoms. The quantitative estimate of drug-likeness (QED) is 0.560. The van der Waals surface area contributed by atoms with E-state index in [9.17, 15) is 13.2 Å². The summed E-state index contributed by atoms with van der Waals surface area (Å²) < 4.78 is 50.2. The molecule has 114 valence electrons. The van der Waals surface area contributed by atoms with Crippen LogP contribution in [0.2, 0.25) is 0 Å². The lowest BCUT2D eigenvalue weighted by molar-refractivity contribution is 0.0580. The topological polar surface area (TPSA) is 30.5 Å². The minimum Gasteiger partial charge on any atom is -0.382 e. The van der Waals surface area contributed by atoms with Gasteiger partial charge in [-0.25, -0.2) is 13.2 Å². The molecule has 1 unspecified atom stereocenters. The predicted molar refractivity (Wildman–Crippen MR) is 70.0 cm³/mol. The van der Waals surface area contributed by atoms with Gasteiger partial charge in [-0.1, -0.05) is 13.0 Å². The van der Waals surface area contributed by atoms with Crippen LogP contribution in [0.4, 0.5) is 13.2 Å². The summed E-state index contributed by atoms with van der Waals surface area (Å²) in [6.07, 6.45) is 0.833. The highest BCUT2D eigenvalue weighted by Gasteiger charge is 2.20. The van der Waals surface area contributed by atoms with E-state index in [1.54, 1.807) is 7.11 Å². The second-order valence-electron chi connectivity index (χ2n) is 4.34. The third kappa shape index (κ3) is 4.77. The van der Waals surface area contributed by atoms with Crippen molar-refractivity contribution >= 4 is 0 Å². The van der Waals surface area contributed by atoms with Crippen molar-refractivity contribution < 1.29 is 22.6 Å². The molecule has 0 heterocycles. The molecule has 0 fully saturated rings. The molecule has 0 aliphatic rings. The molecule has 0 aliphatic heterocycles. The number of nitrogens with one attached hydrogen (secondary N) is 1. The Balaban J connectivity index is 2.78. The average molecular weight is 291 g/mol. The largest absolute Gasteiger partial charge is 0.382 e. The van der Waals surface area contributed by atoms with Crippen molar-refractivity contribution in [3.8, 4) is 0 Å². The number of hydrogen-bond acceptors (Lipinski definition) is 3. The highest BCUT2D eigenvalue weighted by molar-refractivity contribution is 5.23. The summed E-state index contributed by atoms with van der Waals surface area (Å²) in [6.45, 7) is 3.51. The van der Waals surface area contributed by atoms with Crippen LogP contribution in [0.3, 0.4) is 0 Å². The lowest BCUT2D eigenvalue weighted by Gasteiger charge is -2.20. The van der Waals surface area contributed by atoms with E-state index in [0.29, 0.717) is 19.8 Å². The molecule has 1 rings (SSSR count). The molecule has 1 aromatic carbocycles. The van der Waals surface area contributed by atoms with Crippen LogP contribution in [0.25, 0.3) is 0 Å². The van der Waals surface area contributed by atoms with Crippen molar-refractivity contribution in [2.45, 2.75) is 19.4 Å². The molecular formula is C14H20F3NO2. The Morgan fingerprint density at radius 1 is 1.15 bits per heavy atom. The lowest BCUT2D eigenvalue weighted by Crippen LogP contribution is -2.28. The number of rotatable bonds is 9. The molecule has 0 saturated carbocycles. The molecule has 0 bridgehead atoms. The van der Waals surface area contributed by atoms with Crippen LogP contribution in [0, 0.1) is 17.5 Å². The third-order valence-corrected chi connectivity index (χ3v) is 2.80. The van der Waals surface area contributed by atoms with Gasteiger partial charge in [0.15, 0.2) is 17.5 Å². The summed E-state index contributed by atoms with van der Waals surface area (Å²) in [5.74, 6) is -3.82. The first-order valence-corrected chi connectivity index (χ1v) is 6.55. The predicted octanol–water partition coefficient (Wildman–Crippen LogP) is 2.81. The summed E-state index contributed by atoms with van der Waals surface area (Å²) in [4.78, 5) is 0. The van der Waals surface area contributed by atoms with Gasteiger partial charge < -0.3 is 14.8 Å². The average Bonchev–Trinajstić information content (AvgIpc) is 2.45. The van der Waals surface area contributed by atoms with Crippen molar-refractivity contribution in [1.29, 1.82) is 0 Å². The number of benzene rings is 1. The van der Waals surface area contributed by atoms with Gasteiger partial charge in [-0.2, -0.15) is 0 Å². The normalized spacial score (nSPS) is 12.7. The molecule has 6 heteroatoms. The Kier molecular flexibility index (Phi) is 7.58. The van der Waals surface area contributed by atoms with Gasteiger partial charge in [0, 0.05) is 12.7 Å². The fourth-order valence-corrected chi connectivity index (χ4v) is 1.73. The summed E-state index contributed by atoms with van der Waals surface area (Å²) in [6, 6.07) is 1.63. The third-order valence-electron chi connectivity index (χ3n) is 2.80. The maximum Gasteiger partial charge on any atom is 0.194 e. The maximum absolute atomic E-state index is 13.8. The van der Waals surface area contributed by atoms with E-state index in [4.69, 9.17) is 9.47 Å². The summed E-state index contributed by atoms with van der Waals surface area (Å²) >= 11 is 0. The maximum atomic E-state index is 13.8. The van der Waals surface area contributed by atoms with Gasteiger partial charge in [-0.15, -0.1) is 0 Å². The van der Waals surface area contributed by atoms with E-state index < -0.39 is 23.5 Å². The molecule has 3 nitrogen and oxygen atoms in total. The molecular weight excluding hydrogens is 271 g/mol. The Labute approximate surface area is 117 Å². The van der Waals surface area contributed by atoms with E-state index >= 15 is 0 Å². The van der Waals surface area contributed by atoms with Crippen LogP contribution in [-0.4, -0.2) is 33.5 Å². The summed E-state index contributed by atoms with van der Waals surface area (Å²) in [5, 5.41) is 3.06. The molecule has 0 radical (unpaired) electrons. The van der Waals surface area contributed by atoms with Crippen molar-refractivity contribution in [3.05, 3.63) is 35.1 Å². The second kappa shape index (κ2) is 8.94. The smallest absolute Gasteiger partial charge is 0.194 e. The van der Waals surface area contributed by atoms with Crippen LogP contribution in [-0.2, 0) is 9.47 Å². The number of hydrogen-bond donors (Lipinski definition) is 1. The summed E-state index contributed by atoms with van der Waals surface area (Å²) in [7, 11) is 1.55. The van der Waals surface area contributed by atoms with E-state index in [2.05, 4.69) is 5.32 Å². The van der Waals surface area contributed by atoms with Crippen LogP contribution in [0.1, 0.15) is 24.9 Å². The highest BCUT2D eigenvalue weighted by Crippen LogP contribution is 2.22. The van der Waals surface area contributed by atoms with Gasteiger partial charge in [0.2, 0.25) is 0 Å². The number of halogens is 3. The van der Waals surface area contributed by atoms with Crippen LogP contribution < -0.4 is 5.32 Å². The van der Waals surface area contributed by atoms with Gasteiger partial charge >= 0.3 is 0 Å². The molecule has 0 amide bonds. The number of ether oxygens (including phenoxy) is 2. The Bertz CT molecular complexity index is 416. The van der Waals surface area contributed by atoms with Crippen molar-refractivity contribution in [3.63, 3.8) is 0 Å². The lowest BCUT2D eigenvalue weighted by atomic mass is 10.1. The molecule has 0 aromatic heterocycles. The van der Waals surface area contributed by atoms with E-state index in [1.165, 1.54) is 6.07 Å². The Morgan fingerprint density at radius 2 is 1.90 bits per heavy atom. The molecule has 1 atom stereocenters. The number of methoxy groups -OCH3 is 1. The fraction of sp³-hybridized carbons (Fsp3) is 0.571. The standard InChI is InChI=1S/C14H20F3NO2/c1-3-6-18-12(9-20-8-7-19-2)10-4-5-11(15)14(17)13(10)16/h4-5,12,18H,3,6-9H2,1-2H3. The van der Waals surface area contributed by atoms with E-state index in [0.717, 1.165) is 12.5 Å². The highest BCUT2D eigenvalue weighted by atomic mass is 19.2. The molecule has 1 N–H and O–H groups in total. The van der Waals surface area contributed by atoms with Crippen molar-refractivity contribution in [2.75, 3.05) is 33.5 Å². The SMILES string of the molecule is CCCNC(COCCOC)c1ccc(F)c(F)c1F. The van der Waals surface area contributed by atoms with Gasteiger partial charge in [-0.3, -0.25) is 0 Å². The monoisotopic (exact) mass is 291 g/mol.